The number of nitrogens with one attached hydrogen (secondary N) is 3. The maximum absolute atomic E-state index is 12.1. The molecule has 0 radical (unpaired) electrons. The molecule has 1 amide bonds. The smallest absolute Gasteiger partial charge is 0.253 e. The van der Waals surface area contributed by atoms with E-state index in [1.54, 1.807) is 6.20 Å². The second-order valence-corrected chi connectivity index (χ2v) is 4.62. The number of aromatic amines is 1. The highest BCUT2D eigenvalue weighted by Gasteiger charge is 2.12. The van der Waals surface area contributed by atoms with Crippen molar-refractivity contribution in [3.8, 4) is 0 Å². The molecule has 2 rings (SSSR count). The van der Waals surface area contributed by atoms with Crippen LogP contribution in [-0.2, 0) is 0 Å². The first-order valence-corrected chi connectivity index (χ1v) is 6.21. The number of carbonyl (C=O) groups excluding carboxylic acids is 1. The van der Waals surface area contributed by atoms with Gasteiger partial charge in [0.05, 0.1) is 5.56 Å². The molecule has 0 bridgehead atoms. The normalized spacial score (nSPS) is 12.6. The Kier molecular flexibility index (Phi) is 3.99. The zero-order valence-corrected chi connectivity index (χ0v) is 10.8. The van der Waals surface area contributed by atoms with Crippen LogP contribution in [0.25, 0.3) is 10.9 Å². The Morgan fingerprint density at radius 3 is 2.89 bits per heavy atom. The molecule has 0 saturated carbocycles. The number of aromatic nitrogens is 1. The summed E-state index contributed by atoms with van der Waals surface area (Å²) in [7, 11) is 1.91. The summed E-state index contributed by atoms with van der Waals surface area (Å²) < 4.78 is 0. The second kappa shape index (κ2) is 5.69. The Balaban J connectivity index is 2.05. The first-order valence-electron chi connectivity index (χ1n) is 6.21. The minimum atomic E-state index is -0.0181. The van der Waals surface area contributed by atoms with Crippen LogP contribution in [0, 0.1) is 5.92 Å². The van der Waals surface area contributed by atoms with E-state index in [1.807, 2.05) is 31.3 Å². The molecule has 1 atom stereocenters. The van der Waals surface area contributed by atoms with Crippen LogP contribution in [0.3, 0.4) is 0 Å². The van der Waals surface area contributed by atoms with Gasteiger partial charge in [-0.15, -0.1) is 0 Å². The van der Waals surface area contributed by atoms with Crippen LogP contribution < -0.4 is 10.6 Å². The molecule has 18 heavy (non-hydrogen) atoms. The van der Waals surface area contributed by atoms with E-state index in [2.05, 4.69) is 22.5 Å². The van der Waals surface area contributed by atoms with Crippen molar-refractivity contribution < 1.29 is 4.79 Å². The van der Waals surface area contributed by atoms with Gasteiger partial charge in [-0.25, -0.2) is 0 Å². The quantitative estimate of drug-likeness (QED) is 0.751. The maximum Gasteiger partial charge on any atom is 0.253 e. The molecule has 96 valence electrons. The molecule has 0 aliphatic heterocycles. The second-order valence-electron chi connectivity index (χ2n) is 4.62. The van der Waals surface area contributed by atoms with Crippen molar-refractivity contribution in [2.24, 2.45) is 5.92 Å². The van der Waals surface area contributed by atoms with Crippen LogP contribution in [0.15, 0.2) is 30.5 Å². The van der Waals surface area contributed by atoms with Crippen molar-refractivity contribution in [3.05, 3.63) is 36.0 Å². The van der Waals surface area contributed by atoms with Crippen LogP contribution in [0.2, 0.25) is 0 Å². The summed E-state index contributed by atoms with van der Waals surface area (Å²) >= 11 is 0. The van der Waals surface area contributed by atoms with E-state index >= 15 is 0 Å². The summed E-state index contributed by atoms with van der Waals surface area (Å²) in [6.45, 7) is 3.68. The topological polar surface area (TPSA) is 56.9 Å². The van der Waals surface area contributed by atoms with Gasteiger partial charge in [0, 0.05) is 23.6 Å². The molecular weight excluding hydrogens is 226 g/mol. The number of carbonyl (C=O) groups is 1. The average molecular weight is 245 g/mol. The Labute approximate surface area is 107 Å². The molecule has 2 aromatic rings. The SMILES string of the molecule is CNCC(C)CNC(=O)c1c[nH]c2ccccc12. The van der Waals surface area contributed by atoms with Gasteiger partial charge in [-0.05, 0) is 25.6 Å². The average Bonchev–Trinajstić information content (AvgIpc) is 2.80. The van der Waals surface area contributed by atoms with Crippen molar-refractivity contribution in [2.45, 2.75) is 6.92 Å². The van der Waals surface area contributed by atoms with Crippen molar-refractivity contribution >= 4 is 16.8 Å². The number of rotatable bonds is 5. The fraction of sp³-hybridized carbons (Fsp3) is 0.357. The lowest BCUT2D eigenvalue weighted by Crippen LogP contribution is -2.32. The summed E-state index contributed by atoms with van der Waals surface area (Å²) in [5.74, 6) is 0.402. The first kappa shape index (κ1) is 12.6. The van der Waals surface area contributed by atoms with Crippen LogP contribution in [-0.4, -0.2) is 31.0 Å². The zero-order chi connectivity index (χ0) is 13.0. The molecule has 1 aromatic heterocycles. The number of hydrogen-bond donors (Lipinski definition) is 3. The third kappa shape index (κ3) is 2.71. The lowest BCUT2D eigenvalue weighted by molar-refractivity contribution is 0.0950. The minimum absolute atomic E-state index is 0.0181. The maximum atomic E-state index is 12.1. The Bertz CT molecular complexity index is 533. The molecule has 0 spiro atoms. The number of hydrogen-bond acceptors (Lipinski definition) is 2. The van der Waals surface area contributed by atoms with Crippen molar-refractivity contribution in [1.29, 1.82) is 0 Å². The standard InChI is InChI=1S/C14H19N3O/c1-10(7-15-2)8-17-14(18)12-9-16-13-6-4-3-5-11(12)13/h3-6,9-10,15-16H,7-8H2,1-2H3,(H,17,18). The monoisotopic (exact) mass is 245 g/mol. The lowest BCUT2D eigenvalue weighted by Gasteiger charge is -2.11. The Morgan fingerprint density at radius 1 is 1.33 bits per heavy atom. The molecule has 4 heteroatoms. The molecule has 0 fully saturated rings. The zero-order valence-electron chi connectivity index (χ0n) is 10.8. The van der Waals surface area contributed by atoms with Crippen molar-refractivity contribution in [1.82, 2.24) is 15.6 Å². The van der Waals surface area contributed by atoms with E-state index in [0.717, 1.165) is 17.4 Å². The fourth-order valence-electron chi connectivity index (χ4n) is 2.04. The van der Waals surface area contributed by atoms with E-state index < -0.39 is 0 Å². The van der Waals surface area contributed by atoms with E-state index in [1.165, 1.54) is 0 Å². The summed E-state index contributed by atoms with van der Waals surface area (Å²) in [5.41, 5.74) is 1.70. The first-order chi connectivity index (χ1) is 8.72. The Hall–Kier alpha value is -1.81. The molecule has 0 aliphatic carbocycles. The Morgan fingerprint density at radius 2 is 2.11 bits per heavy atom. The number of benzene rings is 1. The molecular formula is C14H19N3O. The molecule has 1 aromatic carbocycles. The third-order valence-electron chi connectivity index (χ3n) is 3.00. The van der Waals surface area contributed by atoms with Gasteiger partial charge in [0.1, 0.15) is 0 Å². The van der Waals surface area contributed by atoms with Gasteiger partial charge in [-0.3, -0.25) is 4.79 Å². The third-order valence-corrected chi connectivity index (χ3v) is 3.00. The predicted molar refractivity (Wildman–Crippen MR) is 73.7 cm³/mol. The van der Waals surface area contributed by atoms with E-state index in [4.69, 9.17) is 0 Å². The molecule has 4 nitrogen and oxygen atoms in total. The number of fused-ring (bicyclic) bond motifs is 1. The van der Waals surface area contributed by atoms with Gasteiger partial charge in [-0.2, -0.15) is 0 Å². The van der Waals surface area contributed by atoms with Gasteiger partial charge in [0.2, 0.25) is 0 Å². The van der Waals surface area contributed by atoms with Crippen LogP contribution >= 0.6 is 0 Å². The lowest BCUT2D eigenvalue weighted by atomic mass is 10.1. The summed E-state index contributed by atoms with van der Waals surface area (Å²) in [5, 5.41) is 7.03. The largest absolute Gasteiger partial charge is 0.360 e. The molecule has 1 heterocycles. The van der Waals surface area contributed by atoms with Crippen molar-refractivity contribution in [3.63, 3.8) is 0 Å². The van der Waals surface area contributed by atoms with Gasteiger partial charge >= 0.3 is 0 Å². The van der Waals surface area contributed by atoms with Gasteiger partial charge in [0.15, 0.2) is 0 Å². The number of amides is 1. The van der Waals surface area contributed by atoms with Gasteiger partial charge in [0.25, 0.3) is 5.91 Å². The summed E-state index contributed by atoms with van der Waals surface area (Å²) in [4.78, 5) is 15.2. The number of para-hydroxylation sites is 1. The fourth-order valence-corrected chi connectivity index (χ4v) is 2.04. The van der Waals surface area contributed by atoms with Crippen LogP contribution in [0.1, 0.15) is 17.3 Å². The predicted octanol–water partition coefficient (Wildman–Crippen LogP) is 1.75. The highest BCUT2D eigenvalue weighted by molar-refractivity contribution is 6.06. The highest BCUT2D eigenvalue weighted by Crippen LogP contribution is 2.17. The molecule has 0 aliphatic rings. The molecule has 0 saturated heterocycles. The van der Waals surface area contributed by atoms with E-state index in [0.29, 0.717) is 18.0 Å². The highest BCUT2D eigenvalue weighted by atomic mass is 16.1. The molecule has 1 unspecified atom stereocenters. The molecule has 3 N–H and O–H groups in total. The summed E-state index contributed by atoms with van der Waals surface area (Å²) in [6.07, 6.45) is 1.77. The van der Waals surface area contributed by atoms with Crippen LogP contribution in [0.5, 0.6) is 0 Å². The van der Waals surface area contributed by atoms with E-state index in [-0.39, 0.29) is 5.91 Å². The van der Waals surface area contributed by atoms with Gasteiger partial charge in [-0.1, -0.05) is 25.1 Å². The van der Waals surface area contributed by atoms with Gasteiger partial charge < -0.3 is 15.6 Å². The van der Waals surface area contributed by atoms with Crippen LogP contribution in [0.4, 0.5) is 0 Å². The van der Waals surface area contributed by atoms with Crippen molar-refractivity contribution in [2.75, 3.05) is 20.1 Å². The minimum Gasteiger partial charge on any atom is -0.360 e. The summed E-state index contributed by atoms with van der Waals surface area (Å²) in [6, 6.07) is 7.82. The van der Waals surface area contributed by atoms with E-state index in [9.17, 15) is 4.79 Å². The number of H-pyrrole nitrogens is 1.